The van der Waals surface area contributed by atoms with E-state index in [1.807, 2.05) is 0 Å². The zero-order valence-corrected chi connectivity index (χ0v) is 10.5. The number of methoxy groups -OCH3 is 1. The van der Waals surface area contributed by atoms with Crippen LogP contribution in [0.25, 0.3) is 0 Å². The highest BCUT2D eigenvalue weighted by Crippen LogP contribution is 2.25. The Bertz CT molecular complexity index is 432. The van der Waals surface area contributed by atoms with Gasteiger partial charge in [0.15, 0.2) is 5.78 Å². The number of carbonyl (C=O) groups is 2. The summed E-state index contributed by atoms with van der Waals surface area (Å²) in [4.78, 5) is 22.8. The SMILES string of the molecule is COC(=O)CCSc1cccc(F)c1C(C)=O. The van der Waals surface area contributed by atoms with Crippen molar-refractivity contribution >= 4 is 23.5 Å². The maximum Gasteiger partial charge on any atom is 0.306 e. The van der Waals surface area contributed by atoms with Crippen molar-refractivity contribution in [1.82, 2.24) is 0 Å². The highest BCUT2D eigenvalue weighted by atomic mass is 32.2. The molecule has 0 unspecified atom stereocenters. The number of esters is 1. The molecule has 0 aliphatic carbocycles. The Balaban J connectivity index is 2.74. The fourth-order valence-corrected chi connectivity index (χ4v) is 2.36. The van der Waals surface area contributed by atoms with Gasteiger partial charge in [0.05, 0.1) is 19.1 Å². The molecule has 0 bridgehead atoms. The average Bonchev–Trinajstić information content (AvgIpc) is 2.28. The molecule has 0 aliphatic rings. The molecule has 0 fully saturated rings. The summed E-state index contributed by atoms with van der Waals surface area (Å²) in [6, 6.07) is 4.46. The first kappa shape index (κ1) is 13.7. The smallest absolute Gasteiger partial charge is 0.306 e. The topological polar surface area (TPSA) is 43.4 Å². The number of Topliss-reactive ketones (excluding diaryl/α,β-unsaturated/α-hetero) is 1. The fraction of sp³-hybridized carbons (Fsp3) is 0.333. The Morgan fingerprint density at radius 3 is 2.71 bits per heavy atom. The number of thioether (sulfide) groups is 1. The number of hydrogen-bond donors (Lipinski definition) is 0. The second-order valence-corrected chi connectivity index (χ2v) is 4.48. The monoisotopic (exact) mass is 256 g/mol. The van der Waals surface area contributed by atoms with Crippen LogP contribution in [-0.2, 0) is 9.53 Å². The van der Waals surface area contributed by atoms with Crippen molar-refractivity contribution in [3.05, 3.63) is 29.6 Å². The van der Waals surface area contributed by atoms with Gasteiger partial charge in [0.2, 0.25) is 0 Å². The summed E-state index contributed by atoms with van der Waals surface area (Å²) >= 11 is 1.27. The van der Waals surface area contributed by atoms with Crippen molar-refractivity contribution in [2.75, 3.05) is 12.9 Å². The molecule has 0 N–H and O–H groups in total. The summed E-state index contributed by atoms with van der Waals surface area (Å²) in [6.45, 7) is 1.32. The first-order chi connectivity index (χ1) is 8.06. The van der Waals surface area contributed by atoms with E-state index in [-0.39, 0.29) is 23.7 Å². The molecule has 1 aromatic carbocycles. The number of halogens is 1. The molecule has 5 heteroatoms. The summed E-state index contributed by atoms with van der Waals surface area (Å²) in [6.07, 6.45) is 0.231. The lowest BCUT2D eigenvalue weighted by molar-refractivity contribution is -0.140. The molecule has 0 saturated heterocycles. The van der Waals surface area contributed by atoms with Crippen molar-refractivity contribution in [3.8, 4) is 0 Å². The lowest BCUT2D eigenvalue weighted by Gasteiger charge is -2.06. The average molecular weight is 256 g/mol. The van der Waals surface area contributed by atoms with E-state index in [4.69, 9.17) is 0 Å². The molecule has 0 saturated carbocycles. The predicted octanol–water partition coefficient (Wildman–Crippen LogP) is 2.68. The fourth-order valence-electron chi connectivity index (χ4n) is 1.31. The molecule has 17 heavy (non-hydrogen) atoms. The van der Waals surface area contributed by atoms with Gasteiger partial charge in [-0.2, -0.15) is 0 Å². The summed E-state index contributed by atoms with van der Waals surface area (Å²) in [5.41, 5.74) is 0.0855. The molecule has 0 heterocycles. The van der Waals surface area contributed by atoms with E-state index in [2.05, 4.69) is 4.74 Å². The molecular formula is C12H13FO3S. The maximum absolute atomic E-state index is 13.4. The number of rotatable bonds is 5. The van der Waals surface area contributed by atoms with Crippen molar-refractivity contribution in [3.63, 3.8) is 0 Å². The molecule has 3 nitrogen and oxygen atoms in total. The van der Waals surface area contributed by atoms with Crippen molar-refractivity contribution < 1.29 is 18.7 Å². The summed E-state index contributed by atoms with van der Waals surface area (Å²) in [5.74, 6) is -0.710. The summed E-state index contributed by atoms with van der Waals surface area (Å²) < 4.78 is 17.9. The van der Waals surface area contributed by atoms with Gasteiger partial charge in [-0.1, -0.05) is 6.07 Å². The Kier molecular flexibility index (Phi) is 5.15. The maximum atomic E-state index is 13.4. The molecule has 0 amide bonds. The molecular weight excluding hydrogens is 243 g/mol. The number of ether oxygens (including phenoxy) is 1. The zero-order valence-electron chi connectivity index (χ0n) is 9.66. The van der Waals surface area contributed by atoms with Crippen molar-refractivity contribution in [1.29, 1.82) is 0 Å². The van der Waals surface area contributed by atoms with Gasteiger partial charge in [-0.3, -0.25) is 9.59 Å². The molecule has 0 aliphatic heterocycles. The molecule has 0 radical (unpaired) electrons. The van der Waals surface area contributed by atoms with E-state index in [9.17, 15) is 14.0 Å². The third kappa shape index (κ3) is 3.85. The van der Waals surface area contributed by atoms with Gasteiger partial charge >= 0.3 is 5.97 Å². The van der Waals surface area contributed by atoms with Crippen LogP contribution < -0.4 is 0 Å². The predicted molar refractivity (Wildman–Crippen MR) is 63.8 cm³/mol. The van der Waals surface area contributed by atoms with E-state index in [1.165, 1.54) is 31.9 Å². The lowest BCUT2D eigenvalue weighted by atomic mass is 10.1. The van der Waals surface area contributed by atoms with E-state index in [0.29, 0.717) is 10.6 Å². The minimum absolute atomic E-state index is 0.0855. The third-order valence-corrected chi connectivity index (χ3v) is 3.18. The molecule has 1 aromatic rings. The number of carbonyl (C=O) groups excluding carboxylic acids is 2. The van der Waals surface area contributed by atoms with Gasteiger partial charge in [0, 0.05) is 10.6 Å². The van der Waals surface area contributed by atoms with Crippen LogP contribution in [-0.4, -0.2) is 24.6 Å². The van der Waals surface area contributed by atoms with E-state index in [1.54, 1.807) is 12.1 Å². The van der Waals surface area contributed by atoms with E-state index >= 15 is 0 Å². The van der Waals surface area contributed by atoms with Crippen molar-refractivity contribution in [2.24, 2.45) is 0 Å². The molecule has 0 spiro atoms. The summed E-state index contributed by atoms with van der Waals surface area (Å²) in [7, 11) is 1.32. The van der Waals surface area contributed by atoms with E-state index < -0.39 is 5.82 Å². The van der Waals surface area contributed by atoms with Gasteiger partial charge < -0.3 is 4.74 Å². The largest absolute Gasteiger partial charge is 0.469 e. The third-order valence-electron chi connectivity index (χ3n) is 2.12. The first-order valence-electron chi connectivity index (χ1n) is 5.05. The van der Waals surface area contributed by atoms with Crippen LogP contribution in [0.3, 0.4) is 0 Å². The number of hydrogen-bond acceptors (Lipinski definition) is 4. The Labute approximate surface area is 103 Å². The second kappa shape index (κ2) is 6.39. The number of ketones is 1. The molecule has 1 rings (SSSR count). The van der Waals surface area contributed by atoms with Crippen molar-refractivity contribution in [2.45, 2.75) is 18.2 Å². The van der Waals surface area contributed by atoms with Gasteiger partial charge in [-0.15, -0.1) is 11.8 Å². The van der Waals surface area contributed by atoms with Crippen LogP contribution in [0.2, 0.25) is 0 Å². The minimum atomic E-state index is -0.527. The normalized spacial score (nSPS) is 10.1. The second-order valence-electron chi connectivity index (χ2n) is 3.34. The lowest BCUT2D eigenvalue weighted by Crippen LogP contribution is -2.03. The van der Waals surface area contributed by atoms with Crippen LogP contribution in [0.5, 0.6) is 0 Å². The highest BCUT2D eigenvalue weighted by Gasteiger charge is 2.13. The van der Waals surface area contributed by atoms with E-state index in [0.717, 1.165) is 0 Å². The Hall–Kier alpha value is -1.36. The van der Waals surface area contributed by atoms with Crippen LogP contribution in [0, 0.1) is 5.82 Å². The zero-order chi connectivity index (χ0) is 12.8. The molecule has 0 atom stereocenters. The number of benzene rings is 1. The summed E-state index contributed by atoms with van der Waals surface area (Å²) in [5, 5.41) is 0. The standard InChI is InChI=1S/C12H13FO3S/c1-8(14)12-9(13)4-3-5-10(12)17-7-6-11(15)16-2/h3-5H,6-7H2,1-2H3. The van der Waals surface area contributed by atoms with Crippen LogP contribution in [0.15, 0.2) is 23.1 Å². The van der Waals surface area contributed by atoms with Gasteiger partial charge in [-0.05, 0) is 19.1 Å². The molecule has 92 valence electrons. The highest BCUT2D eigenvalue weighted by molar-refractivity contribution is 7.99. The quantitative estimate of drug-likeness (QED) is 0.461. The van der Waals surface area contributed by atoms with Crippen LogP contribution in [0.1, 0.15) is 23.7 Å². The Morgan fingerprint density at radius 1 is 1.41 bits per heavy atom. The van der Waals surface area contributed by atoms with Crippen LogP contribution in [0.4, 0.5) is 4.39 Å². The van der Waals surface area contributed by atoms with Crippen LogP contribution >= 0.6 is 11.8 Å². The molecule has 0 aromatic heterocycles. The van der Waals surface area contributed by atoms with Gasteiger partial charge in [-0.25, -0.2) is 4.39 Å². The first-order valence-corrected chi connectivity index (χ1v) is 6.04. The minimum Gasteiger partial charge on any atom is -0.469 e. The van der Waals surface area contributed by atoms with Gasteiger partial charge in [0.25, 0.3) is 0 Å². The Morgan fingerprint density at radius 2 is 2.12 bits per heavy atom. The van der Waals surface area contributed by atoms with Gasteiger partial charge in [0.1, 0.15) is 5.82 Å².